The van der Waals surface area contributed by atoms with Gasteiger partial charge in [0.1, 0.15) is 0 Å². The summed E-state index contributed by atoms with van der Waals surface area (Å²) in [6.45, 7) is 42.8. The van der Waals surface area contributed by atoms with Gasteiger partial charge >= 0.3 is 476 Å². The molecule has 76 heavy (non-hydrogen) atoms. The van der Waals surface area contributed by atoms with Crippen molar-refractivity contribution in [3.05, 3.63) is 170 Å². The summed E-state index contributed by atoms with van der Waals surface area (Å²) in [5.74, 6) is 0.524. The van der Waals surface area contributed by atoms with E-state index in [0.29, 0.717) is 0 Å². The van der Waals surface area contributed by atoms with Crippen molar-refractivity contribution in [3.8, 4) is 33.4 Å². The molecule has 3 aliphatic rings. The van der Waals surface area contributed by atoms with E-state index in [1.165, 1.54) is 114 Å². The van der Waals surface area contributed by atoms with E-state index in [-0.39, 0.29) is 40.7 Å². The van der Waals surface area contributed by atoms with Gasteiger partial charge in [-0.1, -0.05) is 0 Å². The van der Waals surface area contributed by atoms with Gasteiger partial charge < -0.3 is 0 Å². The molecule has 6 aromatic carbocycles. The fourth-order valence-corrected chi connectivity index (χ4v) is 41.5. The molecule has 401 valence electrons. The molecule has 0 saturated heterocycles. The van der Waals surface area contributed by atoms with Gasteiger partial charge in [0.15, 0.2) is 0 Å². The van der Waals surface area contributed by atoms with Crippen molar-refractivity contribution < 1.29 is 16.4 Å². The summed E-state index contributed by atoms with van der Waals surface area (Å²) in [5.41, 5.74) is 24.7. The molecule has 0 radical (unpaired) electrons. The average Bonchev–Trinajstić information content (AvgIpc) is 4.27. The minimum atomic E-state index is -5.95. The Balaban J connectivity index is 1.44. The summed E-state index contributed by atoms with van der Waals surface area (Å²) in [7, 11) is 18.8. The summed E-state index contributed by atoms with van der Waals surface area (Å²) in [6.07, 6.45) is 11.5. The van der Waals surface area contributed by atoms with Crippen LogP contribution in [0.2, 0.25) is 0 Å². The van der Waals surface area contributed by atoms with Crippen molar-refractivity contribution >= 4 is 52.3 Å². The first-order valence-electron chi connectivity index (χ1n) is 29.4. The summed E-state index contributed by atoms with van der Waals surface area (Å²) >= 11 is -5.95. The van der Waals surface area contributed by atoms with Crippen molar-refractivity contribution in [2.45, 2.75) is 192 Å². The molecule has 0 amide bonds. The zero-order chi connectivity index (χ0) is 55.3. The molecule has 2 aliphatic carbocycles. The van der Waals surface area contributed by atoms with Crippen LogP contribution < -0.4 is 13.6 Å². The monoisotopic (exact) mass is 1140 g/mol. The maximum absolute atomic E-state index is 9.86. The molecule has 0 aromatic heterocycles. The van der Waals surface area contributed by atoms with Crippen molar-refractivity contribution in [2.75, 3.05) is 0 Å². The number of halogens is 2. The number of aryl methyl sites for hydroxylation is 2. The van der Waals surface area contributed by atoms with Crippen LogP contribution in [0.4, 0.5) is 0 Å². The zero-order valence-corrected chi connectivity index (χ0v) is 55.4. The van der Waals surface area contributed by atoms with Crippen molar-refractivity contribution in [3.63, 3.8) is 0 Å². The quantitative estimate of drug-likeness (QED) is 0.101. The number of rotatable bonds is 13. The van der Waals surface area contributed by atoms with Crippen molar-refractivity contribution in [1.29, 1.82) is 0 Å². The second kappa shape index (κ2) is 20.5. The van der Waals surface area contributed by atoms with Gasteiger partial charge in [0, 0.05) is 0 Å². The van der Waals surface area contributed by atoms with Crippen LogP contribution in [0.15, 0.2) is 114 Å². The van der Waals surface area contributed by atoms with Gasteiger partial charge in [0.2, 0.25) is 0 Å². The number of hydrogen-bond donors (Lipinski definition) is 0. The van der Waals surface area contributed by atoms with E-state index < -0.39 is 25.9 Å². The van der Waals surface area contributed by atoms with Crippen molar-refractivity contribution in [2.24, 2.45) is 11.8 Å². The Bertz CT molecular complexity index is 3060. The standard InChI is InChI=1S/2C30H41.C12H9Si.2ClH.Zr/c2*1-10-12-21-13-14-22-15-23(20(3)11-2)18-27(22)28(21)24-16-25(29(4,5)6)19-26(17-24)30(7,8)9;1-3-7-11-9(5-1)10-6-2-4-8-12(10)13-11;;;/h2*13-20H,10-12H2,1-9H3;1-7H,13H2;2*1H;/q;;;;;+2/p-2. The first kappa shape index (κ1) is 57.2. The van der Waals surface area contributed by atoms with Gasteiger partial charge in [-0.25, -0.2) is 0 Å². The van der Waals surface area contributed by atoms with E-state index in [4.69, 9.17) is 0 Å². The van der Waals surface area contributed by atoms with Crippen molar-refractivity contribution in [1.82, 2.24) is 0 Å². The third kappa shape index (κ3) is 9.89. The summed E-state index contributed by atoms with van der Waals surface area (Å²) in [5, 5.41) is 2.99. The second-order valence-corrected chi connectivity index (χ2v) is 50.3. The molecule has 0 nitrogen and oxygen atoms in total. The maximum atomic E-state index is 9.86. The van der Waals surface area contributed by atoms with Crippen LogP contribution in [-0.4, -0.2) is 9.52 Å². The molecule has 1 aliphatic heterocycles. The average molecular weight is 1150 g/mol. The molecule has 0 saturated carbocycles. The first-order valence-corrected chi connectivity index (χ1v) is 41.2. The topological polar surface area (TPSA) is 0 Å². The van der Waals surface area contributed by atoms with Crippen LogP contribution >= 0.6 is 17.0 Å². The Kier molecular flexibility index (Phi) is 15.5. The number of allylic oxidation sites excluding steroid dienone is 2. The SMILES string of the molecule is CCCc1ccc2c(c1-c1cc(C(C)(C)C)cc(C(C)(C)C)c1)C=C(C(C)CC)[CH]2[Zr]([Cl])([Cl])([c]1cccc2c1[SiH2]c1ccccc1-2)[CH]1C(C(C)CC)=Cc2c1ccc(CCC)c2-c1cc(C(C)(C)C)cc(C(C)(C)C)c1. The Morgan fingerprint density at radius 1 is 0.487 bits per heavy atom. The Morgan fingerprint density at radius 2 is 0.882 bits per heavy atom. The molecule has 1 heterocycles. The summed E-state index contributed by atoms with van der Waals surface area (Å²) in [4.78, 5) is 0. The van der Waals surface area contributed by atoms with E-state index in [9.17, 15) is 17.0 Å². The van der Waals surface area contributed by atoms with Gasteiger partial charge in [0.25, 0.3) is 0 Å². The normalized spacial score (nSPS) is 18.1. The first-order chi connectivity index (χ1) is 35.6. The van der Waals surface area contributed by atoms with Gasteiger partial charge in [-0.2, -0.15) is 0 Å². The fourth-order valence-electron chi connectivity index (χ4n) is 13.5. The fraction of sp³-hybridized carbons (Fsp3) is 0.444. The molecule has 4 heteroatoms. The van der Waals surface area contributed by atoms with Gasteiger partial charge in [-0.15, -0.1) is 0 Å². The zero-order valence-electron chi connectivity index (χ0n) is 50.0. The molecular formula is C72H91Cl2SiZr. The predicted molar refractivity (Wildman–Crippen MR) is 338 cm³/mol. The summed E-state index contributed by atoms with van der Waals surface area (Å²) in [6, 6.07) is 41.5. The Morgan fingerprint density at radius 3 is 1.26 bits per heavy atom. The molecule has 0 bridgehead atoms. The van der Waals surface area contributed by atoms with Crippen LogP contribution in [0.1, 0.15) is 213 Å². The number of fused-ring (bicyclic) bond motifs is 5. The molecule has 9 rings (SSSR count). The van der Waals surface area contributed by atoms with E-state index in [2.05, 4.69) is 240 Å². The molecule has 6 aromatic rings. The molecular weight excluding hydrogens is 1060 g/mol. The van der Waals surface area contributed by atoms with Gasteiger partial charge in [-0.3, -0.25) is 0 Å². The van der Waals surface area contributed by atoms with Gasteiger partial charge in [0.05, 0.1) is 0 Å². The summed E-state index contributed by atoms with van der Waals surface area (Å²) < 4.78 is 1.01. The molecule has 0 fully saturated rings. The van der Waals surface area contributed by atoms with E-state index in [1.807, 2.05) is 0 Å². The van der Waals surface area contributed by atoms with Crippen LogP contribution in [0.3, 0.4) is 0 Å². The minimum absolute atomic E-state index is 0.0248. The van der Waals surface area contributed by atoms with E-state index in [0.717, 1.165) is 38.5 Å². The van der Waals surface area contributed by atoms with Crippen LogP contribution in [-0.2, 0) is 50.9 Å². The van der Waals surface area contributed by atoms with Crippen LogP contribution in [0, 0.1) is 11.8 Å². The predicted octanol–water partition coefficient (Wildman–Crippen LogP) is 19.2. The Hall–Kier alpha value is -3.52. The van der Waals surface area contributed by atoms with Crippen LogP contribution in [0.5, 0.6) is 0 Å². The van der Waals surface area contributed by atoms with E-state index in [1.54, 1.807) is 0 Å². The van der Waals surface area contributed by atoms with Gasteiger partial charge in [-0.05, 0) is 0 Å². The number of benzene rings is 6. The van der Waals surface area contributed by atoms with Crippen LogP contribution in [0.25, 0.3) is 45.5 Å². The third-order valence-electron chi connectivity index (χ3n) is 18.4. The second-order valence-electron chi connectivity index (χ2n) is 27.9. The molecule has 0 spiro atoms. The molecule has 0 N–H and O–H groups in total. The molecule has 4 unspecified atom stereocenters. The Labute approximate surface area is 472 Å². The third-order valence-corrected chi connectivity index (χ3v) is 41.0. The number of hydrogen-bond acceptors (Lipinski definition) is 0. The molecule has 4 atom stereocenters. The van der Waals surface area contributed by atoms with E-state index >= 15 is 0 Å².